The molecule has 9 nitrogen and oxygen atoms in total. The van der Waals surface area contributed by atoms with Crippen LogP contribution in [0.2, 0.25) is 0 Å². The van der Waals surface area contributed by atoms with Crippen LogP contribution < -0.4 is 10.2 Å². The fourth-order valence-electron chi connectivity index (χ4n) is 6.11. The van der Waals surface area contributed by atoms with Crippen molar-refractivity contribution in [2.75, 3.05) is 29.6 Å². The molecule has 38 heavy (non-hydrogen) atoms. The molecule has 0 amide bonds. The topological polar surface area (TPSA) is 101 Å². The van der Waals surface area contributed by atoms with Crippen LogP contribution in [0.4, 0.5) is 17.5 Å². The molecule has 1 saturated heterocycles. The zero-order valence-electron chi connectivity index (χ0n) is 23.2. The van der Waals surface area contributed by atoms with Gasteiger partial charge in [0.2, 0.25) is 5.95 Å². The van der Waals surface area contributed by atoms with E-state index in [1.54, 1.807) is 18.5 Å². The Morgan fingerprint density at radius 1 is 1.03 bits per heavy atom. The molecule has 1 aliphatic heterocycles. The first-order valence-corrected chi connectivity index (χ1v) is 14.5. The second kappa shape index (κ2) is 9.72. The smallest absolute Gasteiger partial charge is 0.225 e. The first kappa shape index (κ1) is 26.2. The lowest BCUT2D eigenvalue weighted by Crippen LogP contribution is -2.54. The number of piperidine rings is 1. The minimum Gasteiger partial charge on any atom is -0.340 e. The van der Waals surface area contributed by atoms with Gasteiger partial charge in [-0.25, -0.2) is 24.9 Å². The molecule has 0 spiro atoms. The van der Waals surface area contributed by atoms with E-state index in [1.807, 2.05) is 37.8 Å². The van der Waals surface area contributed by atoms with Crippen LogP contribution in [0.25, 0.3) is 5.65 Å². The summed E-state index contributed by atoms with van der Waals surface area (Å²) in [4.78, 5) is 25.6. The lowest BCUT2D eigenvalue weighted by atomic mass is 9.60. The Bertz CT molecular complexity index is 1480. The SMILES string of the molecule is CCc1cnc(N2CC(C)(C)C(c3cnc4c(Nc5ccc(S(C)=O)nc5C)nccn34)C(C)(C)C2)nc1. The predicted molar refractivity (Wildman–Crippen MR) is 152 cm³/mol. The van der Waals surface area contributed by atoms with Crippen LogP contribution in [0.15, 0.2) is 48.1 Å². The third-order valence-corrected chi connectivity index (χ3v) is 8.32. The summed E-state index contributed by atoms with van der Waals surface area (Å²) in [5.41, 5.74) is 4.49. The minimum atomic E-state index is -1.13. The minimum absolute atomic E-state index is 0.0759. The number of nitrogens with one attached hydrogen (secondary N) is 1. The molecule has 10 heteroatoms. The third kappa shape index (κ3) is 4.77. The Hall–Kier alpha value is -3.40. The number of rotatable bonds is 6. The van der Waals surface area contributed by atoms with Gasteiger partial charge in [0, 0.05) is 61.9 Å². The van der Waals surface area contributed by atoms with Crippen molar-refractivity contribution in [3.05, 3.63) is 60.1 Å². The van der Waals surface area contributed by atoms with E-state index in [-0.39, 0.29) is 16.7 Å². The molecule has 0 bridgehead atoms. The second-order valence-electron chi connectivity index (χ2n) is 11.5. The van der Waals surface area contributed by atoms with Gasteiger partial charge in [0.15, 0.2) is 11.5 Å². The number of hydrogen-bond donors (Lipinski definition) is 1. The Kier molecular flexibility index (Phi) is 6.71. The van der Waals surface area contributed by atoms with Gasteiger partial charge in [-0.1, -0.05) is 34.6 Å². The van der Waals surface area contributed by atoms with Crippen molar-refractivity contribution < 1.29 is 4.21 Å². The summed E-state index contributed by atoms with van der Waals surface area (Å²) in [6.07, 6.45) is 12.2. The Labute approximate surface area is 226 Å². The lowest BCUT2D eigenvalue weighted by molar-refractivity contribution is 0.107. The maximum absolute atomic E-state index is 11.8. The molecule has 5 heterocycles. The maximum Gasteiger partial charge on any atom is 0.225 e. The van der Waals surface area contributed by atoms with Gasteiger partial charge in [-0.15, -0.1) is 0 Å². The van der Waals surface area contributed by atoms with Gasteiger partial charge in [-0.05, 0) is 41.9 Å². The number of imidazole rings is 1. The lowest BCUT2D eigenvalue weighted by Gasteiger charge is -2.53. The van der Waals surface area contributed by atoms with E-state index in [9.17, 15) is 4.21 Å². The number of aryl methyl sites for hydroxylation is 2. The van der Waals surface area contributed by atoms with Crippen LogP contribution in [-0.2, 0) is 17.2 Å². The molecule has 1 atom stereocenters. The summed E-state index contributed by atoms with van der Waals surface area (Å²) in [5, 5.41) is 3.96. The molecule has 0 radical (unpaired) electrons. The normalized spacial score (nSPS) is 18.0. The van der Waals surface area contributed by atoms with Gasteiger partial charge >= 0.3 is 0 Å². The number of anilines is 3. The molecule has 4 aromatic heterocycles. The number of nitrogens with zero attached hydrogens (tertiary/aromatic N) is 7. The third-order valence-electron chi connectivity index (χ3n) is 7.50. The average molecular weight is 533 g/mol. The van der Waals surface area contributed by atoms with E-state index in [1.165, 1.54) is 0 Å². The van der Waals surface area contributed by atoms with Crippen LogP contribution in [0.1, 0.15) is 57.5 Å². The van der Waals surface area contributed by atoms with Crippen molar-refractivity contribution in [3.63, 3.8) is 0 Å². The summed E-state index contributed by atoms with van der Waals surface area (Å²) in [5.74, 6) is 1.68. The molecule has 4 aromatic rings. The zero-order chi connectivity index (χ0) is 27.2. The fraction of sp³-hybridized carbons (Fsp3) is 0.464. The van der Waals surface area contributed by atoms with Gasteiger partial charge in [0.25, 0.3) is 0 Å². The van der Waals surface area contributed by atoms with Crippen molar-refractivity contribution in [3.8, 4) is 0 Å². The van der Waals surface area contributed by atoms with Crippen molar-refractivity contribution in [2.24, 2.45) is 10.8 Å². The molecule has 5 rings (SSSR count). The van der Waals surface area contributed by atoms with Crippen molar-refractivity contribution in [2.45, 2.75) is 58.9 Å². The highest BCUT2D eigenvalue weighted by Gasteiger charge is 2.49. The number of fused-ring (bicyclic) bond motifs is 1. The number of pyridine rings is 1. The van der Waals surface area contributed by atoms with E-state index < -0.39 is 10.8 Å². The predicted octanol–water partition coefficient (Wildman–Crippen LogP) is 4.92. The molecule has 1 N–H and O–H groups in total. The molecule has 1 unspecified atom stereocenters. The fourth-order valence-corrected chi connectivity index (χ4v) is 6.64. The highest BCUT2D eigenvalue weighted by Crippen LogP contribution is 2.52. The Morgan fingerprint density at radius 2 is 1.71 bits per heavy atom. The number of aromatic nitrogens is 6. The van der Waals surface area contributed by atoms with Gasteiger partial charge in [-0.2, -0.15) is 0 Å². The molecule has 200 valence electrons. The van der Waals surface area contributed by atoms with Crippen molar-refractivity contribution in [1.82, 2.24) is 29.3 Å². The summed E-state index contributed by atoms with van der Waals surface area (Å²) < 4.78 is 14.0. The highest BCUT2D eigenvalue weighted by atomic mass is 32.2. The first-order valence-electron chi connectivity index (χ1n) is 13.0. The molecule has 1 fully saturated rings. The molecular formula is C28H36N8OS. The largest absolute Gasteiger partial charge is 0.340 e. The molecule has 0 aromatic carbocycles. The molecule has 0 saturated carbocycles. The summed E-state index contributed by atoms with van der Waals surface area (Å²) in [6, 6.07) is 3.67. The van der Waals surface area contributed by atoms with Crippen LogP contribution in [-0.4, -0.2) is 52.9 Å². The molecular weight excluding hydrogens is 496 g/mol. The van der Waals surface area contributed by atoms with Crippen LogP contribution in [0.5, 0.6) is 0 Å². The van der Waals surface area contributed by atoms with Crippen molar-refractivity contribution >= 4 is 33.9 Å². The van der Waals surface area contributed by atoms with Crippen LogP contribution in [0.3, 0.4) is 0 Å². The van der Waals surface area contributed by atoms with Gasteiger partial charge < -0.3 is 10.2 Å². The van der Waals surface area contributed by atoms with Gasteiger partial charge in [0.05, 0.1) is 22.2 Å². The van der Waals surface area contributed by atoms with E-state index in [2.05, 4.69) is 69.2 Å². The zero-order valence-corrected chi connectivity index (χ0v) is 24.0. The Balaban J connectivity index is 1.48. The van der Waals surface area contributed by atoms with Gasteiger partial charge in [-0.3, -0.25) is 8.61 Å². The van der Waals surface area contributed by atoms with Crippen LogP contribution >= 0.6 is 0 Å². The van der Waals surface area contributed by atoms with Crippen molar-refractivity contribution in [1.29, 1.82) is 0 Å². The van der Waals surface area contributed by atoms with Crippen LogP contribution in [0, 0.1) is 17.8 Å². The van der Waals surface area contributed by atoms with E-state index >= 15 is 0 Å². The molecule has 0 aliphatic carbocycles. The average Bonchev–Trinajstić information content (AvgIpc) is 3.28. The first-order chi connectivity index (χ1) is 18.0. The highest BCUT2D eigenvalue weighted by molar-refractivity contribution is 7.84. The summed E-state index contributed by atoms with van der Waals surface area (Å²) >= 11 is 0. The van der Waals surface area contributed by atoms with E-state index in [4.69, 9.17) is 4.98 Å². The van der Waals surface area contributed by atoms with E-state index in [0.717, 1.165) is 53.7 Å². The monoisotopic (exact) mass is 532 g/mol. The maximum atomic E-state index is 11.8. The number of hydrogen-bond acceptors (Lipinski definition) is 8. The summed E-state index contributed by atoms with van der Waals surface area (Å²) in [6.45, 7) is 15.0. The van der Waals surface area contributed by atoms with Gasteiger partial charge in [0.1, 0.15) is 5.03 Å². The quantitative estimate of drug-likeness (QED) is 0.373. The summed E-state index contributed by atoms with van der Waals surface area (Å²) in [7, 11) is -1.13. The second-order valence-corrected chi connectivity index (χ2v) is 12.9. The molecule has 1 aliphatic rings. The standard InChI is InChI=1S/C28H36N8OS/c1-8-19-13-31-26(32-14-19)35-16-27(3,4)23(28(5,6)17-35)21-15-30-25-24(29-11-12-36(21)25)34-20-9-10-22(38(7)37)33-18(20)2/h9-15,23H,8,16-17H2,1-7H3,(H,29,34). The van der Waals surface area contributed by atoms with E-state index in [0.29, 0.717) is 10.8 Å². The Morgan fingerprint density at radius 3 is 2.32 bits per heavy atom.